The number of ether oxygens (including phenoxy) is 2. The fourth-order valence-corrected chi connectivity index (χ4v) is 4.40. The molecule has 2 aromatic carbocycles. The minimum Gasteiger partial charge on any atom is -0.484 e. The molecule has 2 bridgehead atoms. The van der Waals surface area contributed by atoms with Gasteiger partial charge in [-0.3, -0.25) is 4.79 Å². The topological polar surface area (TPSA) is 86.5 Å². The van der Waals surface area contributed by atoms with Crippen LogP contribution in [0.5, 0.6) is 17.6 Å². The first-order chi connectivity index (χ1) is 14.9. The van der Waals surface area contributed by atoms with Gasteiger partial charge in [0.25, 0.3) is 5.91 Å². The molecule has 1 heterocycles. The second-order valence-corrected chi connectivity index (χ2v) is 8.32. The number of amides is 1. The summed E-state index contributed by atoms with van der Waals surface area (Å²) in [6, 6.07) is 9.90. The Bertz CT molecular complexity index is 1150. The summed E-state index contributed by atoms with van der Waals surface area (Å²) in [5.74, 6) is -0.823. The number of benzene rings is 2. The predicted octanol–water partition coefficient (Wildman–Crippen LogP) is 4.16. The van der Waals surface area contributed by atoms with Crippen molar-refractivity contribution in [3.05, 3.63) is 65.0 Å². The van der Waals surface area contributed by atoms with E-state index in [0.29, 0.717) is 25.2 Å². The monoisotopic (exact) mass is 447 g/mol. The molecular weight excluding hydrogens is 432 g/mol. The van der Waals surface area contributed by atoms with Crippen molar-refractivity contribution in [1.29, 1.82) is 0 Å². The number of para-hydroxylation sites is 1. The van der Waals surface area contributed by atoms with Crippen LogP contribution in [0.4, 0.5) is 8.78 Å². The molecule has 1 amide bonds. The van der Waals surface area contributed by atoms with Gasteiger partial charge >= 0.3 is 6.08 Å². The number of nitrogens with zero attached hydrogens (tertiary/aromatic N) is 2. The molecule has 3 aliphatic carbocycles. The lowest BCUT2D eigenvalue weighted by Crippen LogP contribution is -2.77. The minimum atomic E-state index is -0.612. The quantitative estimate of drug-likeness (QED) is 0.585. The zero-order valence-corrected chi connectivity index (χ0v) is 16.8. The second kappa shape index (κ2) is 7.19. The van der Waals surface area contributed by atoms with Gasteiger partial charge in [0.1, 0.15) is 11.6 Å². The van der Waals surface area contributed by atoms with Crippen LogP contribution in [0.1, 0.15) is 25.2 Å². The molecule has 10 heteroatoms. The van der Waals surface area contributed by atoms with Crippen molar-refractivity contribution >= 4 is 17.5 Å². The molecule has 0 saturated heterocycles. The van der Waals surface area contributed by atoms with Crippen LogP contribution in [0.2, 0.25) is 5.02 Å². The SMILES string of the molecule is O=C(COc1ccc(Cl)c(F)c1)NC12CC(c3nnc(Oc4ccccc4F)o3)(C1)C2. The van der Waals surface area contributed by atoms with E-state index >= 15 is 0 Å². The first kappa shape index (κ1) is 19.7. The van der Waals surface area contributed by atoms with Gasteiger partial charge in [0, 0.05) is 11.6 Å². The summed E-state index contributed by atoms with van der Waals surface area (Å²) in [7, 11) is 0. The summed E-state index contributed by atoms with van der Waals surface area (Å²) in [5.41, 5.74) is -0.649. The normalized spacial score (nSPS) is 23.5. The Labute approximate surface area is 180 Å². The van der Waals surface area contributed by atoms with E-state index in [0.717, 1.165) is 6.07 Å². The molecule has 0 aliphatic heterocycles. The third kappa shape index (κ3) is 3.59. The lowest BCUT2D eigenvalue weighted by molar-refractivity contribution is -0.143. The maximum Gasteiger partial charge on any atom is 0.420 e. The van der Waals surface area contributed by atoms with Crippen LogP contribution in [0.25, 0.3) is 0 Å². The van der Waals surface area contributed by atoms with Crippen molar-refractivity contribution in [3.63, 3.8) is 0 Å². The maximum atomic E-state index is 13.7. The number of carbonyl (C=O) groups is 1. The fraction of sp³-hybridized carbons (Fsp3) is 0.286. The molecule has 3 aliphatic rings. The molecule has 0 unspecified atom stereocenters. The van der Waals surface area contributed by atoms with Gasteiger partial charge < -0.3 is 19.2 Å². The van der Waals surface area contributed by atoms with Crippen LogP contribution in [0.15, 0.2) is 46.9 Å². The minimum absolute atomic E-state index is 0.000373. The van der Waals surface area contributed by atoms with E-state index in [2.05, 4.69) is 15.5 Å². The van der Waals surface area contributed by atoms with Crippen molar-refractivity contribution in [3.8, 4) is 17.6 Å². The van der Waals surface area contributed by atoms with Crippen LogP contribution in [0, 0.1) is 11.6 Å². The summed E-state index contributed by atoms with van der Waals surface area (Å²) in [4.78, 5) is 12.2. The zero-order chi connectivity index (χ0) is 21.6. The van der Waals surface area contributed by atoms with Crippen molar-refractivity contribution in [1.82, 2.24) is 15.5 Å². The molecule has 3 saturated carbocycles. The standard InChI is InChI=1S/C21H16ClF2N3O4/c22-13-6-5-12(7-15(13)24)29-8-17(28)25-21-9-20(10-21,11-21)18-26-27-19(31-18)30-16-4-2-1-3-14(16)23/h1-7H,8-11H2,(H,25,28). The molecule has 0 spiro atoms. The van der Waals surface area contributed by atoms with Crippen LogP contribution in [-0.4, -0.2) is 28.3 Å². The highest BCUT2D eigenvalue weighted by Crippen LogP contribution is 2.67. The molecule has 1 N–H and O–H groups in total. The van der Waals surface area contributed by atoms with E-state index in [-0.39, 0.29) is 46.1 Å². The largest absolute Gasteiger partial charge is 0.484 e. The highest BCUT2D eigenvalue weighted by molar-refractivity contribution is 6.30. The number of rotatable bonds is 7. The van der Waals surface area contributed by atoms with Gasteiger partial charge in [-0.1, -0.05) is 28.8 Å². The Morgan fingerprint density at radius 2 is 1.90 bits per heavy atom. The fourth-order valence-electron chi connectivity index (χ4n) is 4.28. The molecule has 31 heavy (non-hydrogen) atoms. The van der Waals surface area contributed by atoms with Crippen molar-refractivity contribution < 1.29 is 27.5 Å². The van der Waals surface area contributed by atoms with Gasteiger partial charge in [-0.2, -0.15) is 0 Å². The smallest absolute Gasteiger partial charge is 0.420 e. The summed E-state index contributed by atoms with van der Waals surface area (Å²) >= 11 is 5.62. The van der Waals surface area contributed by atoms with Gasteiger partial charge in [0.05, 0.1) is 10.4 Å². The van der Waals surface area contributed by atoms with Crippen LogP contribution in [-0.2, 0) is 10.2 Å². The lowest BCUT2D eigenvalue weighted by Gasteiger charge is -2.68. The number of hydrogen-bond donors (Lipinski definition) is 1. The van der Waals surface area contributed by atoms with Gasteiger partial charge in [-0.15, -0.1) is 5.10 Å². The lowest BCUT2D eigenvalue weighted by atomic mass is 9.39. The zero-order valence-electron chi connectivity index (χ0n) is 16.0. The number of carbonyl (C=O) groups excluding carboxylic acids is 1. The number of hydrogen-bond acceptors (Lipinski definition) is 6. The number of aromatic nitrogens is 2. The Hall–Kier alpha value is -3.20. The summed E-state index contributed by atoms with van der Waals surface area (Å²) in [5, 5.41) is 10.8. The van der Waals surface area contributed by atoms with Crippen LogP contribution in [0.3, 0.4) is 0 Å². The number of nitrogens with one attached hydrogen (secondary N) is 1. The van der Waals surface area contributed by atoms with E-state index in [9.17, 15) is 13.6 Å². The maximum absolute atomic E-state index is 13.7. The van der Waals surface area contributed by atoms with E-state index in [1.165, 1.54) is 24.3 Å². The Balaban J connectivity index is 1.14. The Kier molecular flexibility index (Phi) is 4.58. The van der Waals surface area contributed by atoms with Crippen LogP contribution < -0.4 is 14.8 Å². The average molecular weight is 448 g/mol. The van der Waals surface area contributed by atoms with Crippen molar-refractivity contribution in [2.75, 3.05) is 6.61 Å². The summed E-state index contributed by atoms with van der Waals surface area (Å²) in [6.45, 7) is -0.239. The van der Waals surface area contributed by atoms with Crippen LogP contribution >= 0.6 is 11.6 Å². The highest BCUT2D eigenvalue weighted by atomic mass is 35.5. The molecule has 3 aromatic rings. The number of halogens is 3. The molecule has 7 nitrogen and oxygen atoms in total. The summed E-state index contributed by atoms with van der Waals surface area (Å²) < 4.78 is 43.3. The average Bonchev–Trinajstić information content (AvgIpc) is 3.14. The third-order valence-corrected chi connectivity index (χ3v) is 5.90. The van der Waals surface area contributed by atoms with E-state index in [1.807, 2.05) is 0 Å². The molecule has 160 valence electrons. The second-order valence-electron chi connectivity index (χ2n) is 7.91. The van der Waals surface area contributed by atoms with Crippen molar-refractivity contribution in [2.45, 2.75) is 30.2 Å². The van der Waals surface area contributed by atoms with Gasteiger partial charge in [-0.05, 0) is 43.5 Å². The third-order valence-electron chi connectivity index (χ3n) is 5.59. The van der Waals surface area contributed by atoms with Gasteiger partial charge in [0.2, 0.25) is 5.89 Å². The highest BCUT2D eigenvalue weighted by Gasteiger charge is 2.71. The Morgan fingerprint density at radius 3 is 2.65 bits per heavy atom. The molecule has 0 atom stereocenters. The first-order valence-corrected chi connectivity index (χ1v) is 9.90. The Morgan fingerprint density at radius 1 is 1.13 bits per heavy atom. The molecule has 3 fully saturated rings. The molecular formula is C21H16ClF2N3O4. The first-order valence-electron chi connectivity index (χ1n) is 9.52. The molecule has 6 rings (SSSR count). The van der Waals surface area contributed by atoms with E-state index < -0.39 is 11.6 Å². The molecule has 1 aromatic heterocycles. The molecule has 0 radical (unpaired) electrons. The van der Waals surface area contributed by atoms with Crippen molar-refractivity contribution in [2.24, 2.45) is 0 Å². The van der Waals surface area contributed by atoms with Gasteiger partial charge in [0.15, 0.2) is 18.2 Å². The summed E-state index contributed by atoms with van der Waals surface area (Å²) in [6.07, 6.45) is 1.79. The van der Waals surface area contributed by atoms with E-state index in [1.54, 1.807) is 12.1 Å². The van der Waals surface area contributed by atoms with Gasteiger partial charge in [-0.25, -0.2) is 8.78 Å². The predicted molar refractivity (Wildman–Crippen MR) is 104 cm³/mol. The van der Waals surface area contributed by atoms with E-state index in [4.69, 9.17) is 25.5 Å².